The lowest BCUT2D eigenvalue weighted by atomic mass is 10.0. The number of nitrogens with zero attached hydrogens (tertiary/aromatic N) is 3. The van der Waals surface area contributed by atoms with Gasteiger partial charge in [0.05, 0.1) is 22.9 Å². The van der Waals surface area contributed by atoms with E-state index in [9.17, 15) is 18.0 Å². The second kappa shape index (κ2) is 9.62. The van der Waals surface area contributed by atoms with Gasteiger partial charge in [0.1, 0.15) is 11.4 Å². The zero-order valence-corrected chi connectivity index (χ0v) is 20.1. The first-order chi connectivity index (χ1) is 16.3. The number of alkyl halides is 3. The summed E-state index contributed by atoms with van der Waals surface area (Å²) in [5.41, 5.74) is -2.64. The predicted molar refractivity (Wildman–Crippen MR) is 129 cm³/mol. The largest absolute Gasteiger partial charge is 0.420 e. The maximum absolute atomic E-state index is 15.1. The maximum atomic E-state index is 15.1. The third kappa shape index (κ3) is 4.84. The summed E-state index contributed by atoms with van der Waals surface area (Å²) >= 11 is 5.51. The monoisotopic (exact) mass is 505 g/mol. The molecule has 11 heteroatoms. The lowest BCUT2D eigenvalue weighted by Gasteiger charge is -2.30. The summed E-state index contributed by atoms with van der Waals surface area (Å²) in [7, 11) is 1.58. The van der Waals surface area contributed by atoms with Gasteiger partial charge in [-0.05, 0) is 68.7 Å². The van der Waals surface area contributed by atoms with Crippen LogP contribution < -0.4 is 15.1 Å². The number of thiocarbonyl (C=S) groups is 1. The Labute approximate surface area is 205 Å². The fourth-order valence-electron chi connectivity index (χ4n) is 3.97. The van der Waals surface area contributed by atoms with E-state index >= 15 is 4.39 Å². The molecule has 0 unspecified atom stereocenters. The second-order valence-corrected chi connectivity index (χ2v) is 8.85. The van der Waals surface area contributed by atoms with Crippen molar-refractivity contribution >= 4 is 40.4 Å². The number of nitrogens with one attached hydrogen (secondary N) is 2. The van der Waals surface area contributed by atoms with Gasteiger partial charge < -0.3 is 10.2 Å². The Morgan fingerprint density at radius 1 is 1.20 bits per heavy atom. The van der Waals surface area contributed by atoms with Crippen molar-refractivity contribution in [3.63, 3.8) is 0 Å². The highest BCUT2D eigenvalue weighted by molar-refractivity contribution is 7.81. The van der Waals surface area contributed by atoms with Gasteiger partial charge in [0.15, 0.2) is 10.9 Å². The van der Waals surface area contributed by atoms with Crippen LogP contribution in [0.4, 0.5) is 28.9 Å². The average Bonchev–Trinajstić information content (AvgIpc) is 2.97. The zero-order valence-electron chi connectivity index (χ0n) is 19.3. The van der Waals surface area contributed by atoms with Gasteiger partial charge in [-0.25, -0.2) is 4.39 Å². The highest BCUT2D eigenvalue weighted by Crippen LogP contribution is 2.42. The van der Waals surface area contributed by atoms with Gasteiger partial charge in [-0.15, -0.1) is 0 Å². The molecule has 0 aliphatic carbocycles. The van der Waals surface area contributed by atoms with Crippen molar-refractivity contribution < 1.29 is 22.4 Å². The summed E-state index contributed by atoms with van der Waals surface area (Å²) in [6.45, 7) is 3.32. The quantitative estimate of drug-likeness (QED) is 0.419. The molecule has 2 aromatic rings. The Balaban J connectivity index is 1.95. The summed E-state index contributed by atoms with van der Waals surface area (Å²) in [6, 6.07) is 10.5. The van der Waals surface area contributed by atoms with Gasteiger partial charge in [0, 0.05) is 19.2 Å². The topological polar surface area (TPSA) is 83.2 Å². The standard InChI is InChI=1S/C24H23F4N5OS/c1-23(2)21(30)32(17-12-9-15(13-29)19(20(17)25)24(26,27)28)22(35)33(23)16-10-7-14(8-11-16)5-4-6-18(34)31-3/h7-12,30H,4-6H2,1-3H3,(H,31,34). The van der Waals surface area contributed by atoms with Crippen LogP contribution in [0.3, 0.4) is 0 Å². The number of halogens is 4. The minimum atomic E-state index is -5.10. The third-order valence-electron chi connectivity index (χ3n) is 5.85. The van der Waals surface area contributed by atoms with Gasteiger partial charge in [0.25, 0.3) is 0 Å². The van der Waals surface area contributed by atoms with Gasteiger partial charge in [-0.1, -0.05) is 12.1 Å². The Bertz CT molecular complexity index is 1220. The van der Waals surface area contributed by atoms with Gasteiger partial charge in [0.2, 0.25) is 5.91 Å². The van der Waals surface area contributed by atoms with Crippen LogP contribution >= 0.6 is 12.2 Å². The first kappa shape index (κ1) is 26.1. The molecule has 35 heavy (non-hydrogen) atoms. The van der Waals surface area contributed by atoms with Gasteiger partial charge >= 0.3 is 6.18 Å². The fourth-order valence-corrected chi connectivity index (χ4v) is 4.49. The zero-order chi connectivity index (χ0) is 26.1. The predicted octanol–water partition coefficient (Wildman–Crippen LogP) is 5.15. The van der Waals surface area contributed by atoms with Crippen LogP contribution in [0.2, 0.25) is 0 Å². The van der Waals surface area contributed by atoms with E-state index in [1.165, 1.54) is 6.07 Å². The van der Waals surface area contributed by atoms with Crippen LogP contribution in [0.5, 0.6) is 0 Å². The molecule has 1 saturated heterocycles. The highest BCUT2D eigenvalue weighted by atomic mass is 32.1. The first-order valence-electron chi connectivity index (χ1n) is 10.7. The van der Waals surface area contributed by atoms with Crippen LogP contribution in [0.25, 0.3) is 0 Å². The number of hydrogen-bond donors (Lipinski definition) is 2. The molecule has 0 atom stereocenters. The van der Waals surface area contributed by atoms with Crippen LogP contribution in [0.15, 0.2) is 36.4 Å². The lowest BCUT2D eigenvalue weighted by Crippen LogP contribution is -2.44. The van der Waals surface area contributed by atoms with Crippen molar-refractivity contribution in [2.24, 2.45) is 0 Å². The summed E-state index contributed by atoms with van der Waals surface area (Å²) in [6.07, 6.45) is -3.38. The minimum Gasteiger partial charge on any atom is -0.359 e. The van der Waals surface area contributed by atoms with Crippen LogP contribution in [-0.2, 0) is 17.4 Å². The van der Waals surface area contributed by atoms with E-state index in [1.54, 1.807) is 37.9 Å². The fraction of sp³-hybridized carbons (Fsp3) is 0.333. The molecule has 2 N–H and O–H groups in total. The number of hydrogen-bond acceptors (Lipinski definition) is 4. The smallest absolute Gasteiger partial charge is 0.359 e. The second-order valence-electron chi connectivity index (χ2n) is 8.48. The van der Waals surface area contributed by atoms with Crippen LogP contribution in [0, 0.1) is 22.6 Å². The summed E-state index contributed by atoms with van der Waals surface area (Å²) in [5.74, 6) is -1.92. The molecule has 0 spiro atoms. The van der Waals surface area contributed by atoms with E-state index in [0.717, 1.165) is 22.6 Å². The maximum Gasteiger partial charge on any atom is 0.420 e. The van der Waals surface area contributed by atoms with E-state index in [-0.39, 0.29) is 16.9 Å². The molecule has 1 aliphatic heterocycles. The third-order valence-corrected chi connectivity index (χ3v) is 6.22. The normalized spacial score (nSPS) is 15.4. The number of amides is 1. The number of carbonyl (C=O) groups is 1. The number of rotatable bonds is 6. The molecule has 0 bridgehead atoms. The van der Waals surface area contributed by atoms with E-state index in [2.05, 4.69) is 5.32 Å². The molecule has 0 radical (unpaired) electrons. The van der Waals surface area contributed by atoms with E-state index < -0.39 is 34.3 Å². The molecule has 0 saturated carbocycles. The summed E-state index contributed by atoms with van der Waals surface area (Å²) in [5, 5.41) is 20.1. The number of nitriles is 1. The average molecular weight is 506 g/mol. The molecule has 3 rings (SSSR count). The van der Waals surface area contributed by atoms with Crippen LogP contribution in [0.1, 0.15) is 43.4 Å². The van der Waals surface area contributed by atoms with Crippen molar-refractivity contribution in [2.75, 3.05) is 16.8 Å². The van der Waals surface area contributed by atoms with Crippen molar-refractivity contribution in [2.45, 2.75) is 44.8 Å². The number of anilines is 2. The van der Waals surface area contributed by atoms with Crippen LogP contribution in [-0.4, -0.2) is 29.4 Å². The number of aryl methyl sites for hydroxylation is 1. The minimum absolute atomic E-state index is 0.0481. The Morgan fingerprint density at radius 3 is 2.37 bits per heavy atom. The van der Waals surface area contributed by atoms with E-state index in [4.69, 9.17) is 22.9 Å². The molecular formula is C24H23F4N5OS. The molecule has 184 valence electrons. The Hall–Kier alpha value is -3.52. The number of carbonyl (C=O) groups excluding carboxylic acids is 1. The van der Waals surface area contributed by atoms with Crippen molar-refractivity contribution in [1.82, 2.24) is 5.32 Å². The van der Waals surface area contributed by atoms with Gasteiger partial charge in [-0.3, -0.25) is 15.1 Å². The number of amidine groups is 1. The number of benzene rings is 2. The summed E-state index contributed by atoms with van der Waals surface area (Å²) in [4.78, 5) is 13.9. The van der Waals surface area contributed by atoms with E-state index in [1.807, 2.05) is 12.1 Å². The van der Waals surface area contributed by atoms with Crippen molar-refractivity contribution in [1.29, 1.82) is 10.7 Å². The van der Waals surface area contributed by atoms with Crippen molar-refractivity contribution in [3.05, 3.63) is 58.9 Å². The Kier molecular flexibility index (Phi) is 7.17. The highest BCUT2D eigenvalue weighted by Gasteiger charge is 2.49. The first-order valence-corrected chi connectivity index (χ1v) is 11.1. The van der Waals surface area contributed by atoms with Gasteiger partial charge in [-0.2, -0.15) is 18.4 Å². The molecule has 1 aliphatic rings. The molecule has 1 amide bonds. The molecule has 0 aromatic heterocycles. The summed E-state index contributed by atoms with van der Waals surface area (Å²) < 4.78 is 55.7. The van der Waals surface area contributed by atoms with E-state index in [0.29, 0.717) is 24.9 Å². The SMILES string of the molecule is CNC(=O)CCCc1ccc(N2C(=S)N(c3ccc(C#N)c(C(F)(F)F)c3F)C(=N)C2(C)C)cc1. The molecule has 1 fully saturated rings. The molecule has 1 heterocycles. The molecule has 2 aromatic carbocycles. The lowest BCUT2D eigenvalue weighted by molar-refractivity contribution is -0.140. The van der Waals surface area contributed by atoms with Crippen molar-refractivity contribution in [3.8, 4) is 6.07 Å². The molecular weight excluding hydrogens is 482 g/mol. The Morgan fingerprint density at radius 2 is 1.83 bits per heavy atom. The molecule has 6 nitrogen and oxygen atoms in total.